The van der Waals surface area contributed by atoms with Crippen LogP contribution in [0.5, 0.6) is 0 Å². The molecule has 13 heavy (non-hydrogen) atoms. The Morgan fingerprint density at radius 3 is 2.62 bits per heavy atom. The molecule has 0 aromatic rings. The molecule has 76 valence electrons. The van der Waals surface area contributed by atoms with Gasteiger partial charge < -0.3 is 4.90 Å². The molecule has 1 fully saturated rings. The van der Waals surface area contributed by atoms with E-state index in [9.17, 15) is 0 Å². The molecule has 0 radical (unpaired) electrons. The summed E-state index contributed by atoms with van der Waals surface area (Å²) < 4.78 is 0. The summed E-state index contributed by atoms with van der Waals surface area (Å²) in [5.41, 5.74) is 0. The molecule has 1 N–H and O–H groups in total. The van der Waals surface area contributed by atoms with E-state index in [2.05, 4.69) is 25.7 Å². The summed E-state index contributed by atoms with van der Waals surface area (Å²) >= 11 is 0. The lowest BCUT2D eigenvalue weighted by molar-refractivity contribution is 0.201. The summed E-state index contributed by atoms with van der Waals surface area (Å²) in [7, 11) is 0. The SMILES string of the molecule is CCCC(=N)N1CCC(C)C(C)C1. The Morgan fingerprint density at radius 1 is 1.38 bits per heavy atom. The summed E-state index contributed by atoms with van der Waals surface area (Å²) in [4.78, 5) is 2.26. The van der Waals surface area contributed by atoms with E-state index >= 15 is 0 Å². The van der Waals surface area contributed by atoms with Crippen LogP contribution in [0.3, 0.4) is 0 Å². The van der Waals surface area contributed by atoms with Crippen LogP contribution in [-0.4, -0.2) is 23.8 Å². The number of piperidine rings is 1. The van der Waals surface area contributed by atoms with Crippen LogP contribution in [0, 0.1) is 17.2 Å². The minimum Gasteiger partial charge on any atom is -0.360 e. The summed E-state index contributed by atoms with van der Waals surface area (Å²) in [5, 5.41) is 7.86. The third kappa shape index (κ3) is 2.71. The van der Waals surface area contributed by atoms with Crippen LogP contribution in [0.25, 0.3) is 0 Å². The molecule has 0 aliphatic carbocycles. The van der Waals surface area contributed by atoms with E-state index in [1.165, 1.54) is 6.42 Å². The van der Waals surface area contributed by atoms with Gasteiger partial charge in [0.2, 0.25) is 0 Å². The highest BCUT2D eigenvalue weighted by molar-refractivity contribution is 5.79. The van der Waals surface area contributed by atoms with Gasteiger partial charge in [0.15, 0.2) is 0 Å². The predicted octanol–water partition coefficient (Wildman–Crippen LogP) is 2.74. The van der Waals surface area contributed by atoms with Crippen molar-refractivity contribution < 1.29 is 0 Å². The standard InChI is InChI=1S/C11H22N2/c1-4-5-11(12)13-7-6-9(2)10(3)8-13/h9-10,12H,4-8H2,1-3H3. The van der Waals surface area contributed by atoms with Gasteiger partial charge >= 0.3 is 0 Å². The molecule has 2 nitrogen and oxygen atoms in total. The molecule has 1 saturated heterocycles. The third-order valence-electron chi connectivity index (χ3n) is 3.20. The molecule has 0 aromatic carbocycles. The second-order valence-electron chi connectivity index (χ2n) is 4.39. The van der Waals surface area contributed by atoms with E-state index in [4.69, 9.17) is 5.41 Å². The second kappa shape index (κ2) is 4.64. The molecule has 1 heterocycles. The van der Waals surface area contributed by atoms with Gasteiger partial charge in [-0.25, -0.2) is 0 Å². The monoisotopic (exact) mass is 182 g/mol. The van der Waals surface area contributed by atoms with Crippen molar-refractivity contribution >= 4 is 5.84 Å². The van der Waals surface area contributed by atoms with Gasteiger partial charge in [0.25, 0.3) is 0 Å². The molecule has 2 heteroatoms. The lowest BCUT2D eigenvalue weighted by atomic mass is 9.88. The molecule has 0 aromatic heterocycles. The van der Waals surface area contributed by atoms with Crippen LogP contribution in [0.15, 0.2) is 0 Å². The first-order valence-corrected chi connectivity index (χ1v) is 5.47. The Morgan fingerprint density at radius 2 is 2.08 bits per heavy atom. The maximum Gasteiger partial charge on any atom is 0.0957 e. The maximum atomic E-state index is 7.86. The maximum absolute atomic E-state index is 7.86. The highest BCUT2D eigenvalue weighted by Gasteiger charge is 2.23. The molecule has 2 unspecified atom stereocenters. The van der Waals surface area contributed by atoms with Gasteiger partial charge in [-0.15, -0.1) is 0 Å². The van der Waals surface area contributed by atoms with Crippen molar-refractivity contribution in [2.24, 2.45) is 11.8 Å². The van der Waals surface area contributed by atoms with E-state index in [-0.39, 0.29) is 0 Å². The zero-order chi connectivity index (χ0) is 9.84. The van der Waals surface area contributed by atoms with Crippen molar-refractivity contribution in [2.75, 3.05) is 13.1 Å². The minimum absolute atomic E-state index is 0.756. The largest absolute Gasteiger partial charge is 0.360 e. The van der Waals surface area contributed by atoms with Crippen molar-refractivity contribution in [1.29, 1.82) is 5.41 Å². The van der Waals surface area contributed by atoms with Gasteiger partial charge in [-0.05, 0) is 24.7 Å². The number of nitrogens with zero attached hydrogens (tertiary/aromatic N) is 1. The summed E-state index contributed by atoms with van der Waals surface area (Å²) in [5.74, 6) is 2.44. The number of hydrogen-bond donors (Lipinski definition) is 1. The van der Waals surface area contributed by atoms with Crippen molar-refractivity contribution in [3.05, 3.63) is 0 Å². The first-order chi connectivity index (χ1) is 6.15. The van der Waals surface area contributed by atoms with E-state index in [1.54, 1.807) is 0 Å². The summed E-state index contributed by atoms with van der Waals surface area (Å²) in [6.07, 6.45) is 3.30. The molecule has 0 bridgehead atoms. The fraction of sp³-hybridized carbons (Fsp3) is 0.909. The molecule has 0 amide bonds. The van der Waals surface area contributed by atoms with Crippen LogP contribution >= 0.6 is 0 Å². The van der Waals surface area contributed by atoms with E-state index in [1.807, 2.05) is 0 Å². The van der Waals surface area contributed by atoms with Crippen molar-refractivity contribution in [3.8, 4) is 0 Å². The van der Waals surface area contributed by atoms with E-state index < -0.39 is 0 Å². The lowest BCUT2D eigenvalue weighted by Gasteiger charge is -2.36. The van der Waals surface area contributed by atoms with Crippen molar-refractivity contribution in [3.63, 3.8) is 0 Å². The quantitative estimate of drug-likeness (QED) is 0.516. The highest BCUT2D eigenvalue weighted by atomic mass is 15.2. The van der Waals surface area contributed by atoms with Gasteiger partial charge in [-0.3, -0.25) is 5.41 Å². The van der Waals surface area contributed by atoms with Gasteiger partial charge in [-0.2, -0.15) is 0 Å². The lowest BCUT2D eigenvalue weighted by Crippen LogP contribution is -2.41. The zero-order valence-corrected chi connectivity index (χ0v) is 9.14. The second-order valence-corrected chi connectivity index (χ2v) is 4.39. The van der Waals surface area contributed by atoms with Gasteiger partial charge in [-0.1, -0.05) is 20.8 Å². The molecular formula is C11H22N2. The molecule has 1 rings (SSSR count). The smallest absolute Gasteiger partial charge is 0.0957 e. The van der Waals surface area contributed by atoms with Crippen LogP contribution in [-0.2, 0) is 0 Å². The van der Waals surface area contributed by atoms with Gasteiger partial charge in [0, 0.05) is 19.5 Å². The average molecular weight is 182 g/mol. The average Bonchev–Trinajstić information content (AvgIpc) is 2.10. The van der Waals surface area contributed by atoms with Crippen LogP contribution in [0.2, 0.25) is 0 Å². The molecule has 0 spiro atoms. The predicted molar refractivity (Wildman–Crippen MR) is 57.2 cm³/mol. The van der Waals surface area contributed by atoms with Crippen LogP contribution < -0.4 is 0 Å². The third-order valence-corrected chi connectivity index (χ3v) is 3.20. The fourth-order valence-electron chi connectivity index (χ4n) is 1.90. The number of hydrogen-bond acceptors (Lipinski definition) is 1. The summed E-state index contributed by atoms with van der Waals surface area (Å²) in [6, 6.07) is 0. The Kier molecular flexibility index (Phi) is 3.76. The van der Waals surface area contributed by atoms with Crippen molar-refractivity contribution in [1.82, 2.24) is 4.90 Å². The summed E-state index contributed by atoms with van der Waals surface area (Å²) in [6.45, 7) is 8.97. The molecule has 1 aliphatic rings. The normalized spacial score (nSPS) is 29.0. The first-order valence-electron chi connectivity index (χ1n) is 5.47. The number of nitrogens with one attached hydrogen (secondary N) is 1. The first kappa shape index (κ1) is 10.6. The molecule has 2 atom stereocenters. The Labute approximate surface area is 81.8 Å². The van der Waals surface area contributed by atoms with E-state index in [0.717, 1.165) is 43.6 Å². The van der Waals surface area contributed by atoms with Gasteiger partial charge in [0.05, 0.1) is 5.84 Å². The van der Waals surface area contributed by atoms with Gasteiger partial charge in [0.1, 0.15) is 0 Å². The number of rotatable bonds is 2. The van der Waals surface area contributed by atoms with Crippen LogP contribution in [0.1, 0.15) is 40.0 Å². The number of likely N-dealkylation sites (tertiary alicyclic amines) is 1. The Bertz CT molecular complexity index is 177. The zero-order valence-electron chi connectivity index (χ0n) is 9.14. The molecule has 0 saturated carbocycles. The van der Waals surface area contributed by atoms with Crippen LogP contribution in [0.4, 0.5) is 0 Å². The molecular weight excluding hydrogens is 160 g/mol. The van der Waals surface area contributed by atoms with Crippen molar-refractivity contribution in [2.45, 2.75) is 40.0 Å². The highest BCUT2D eigenvalue weighted by Crippen LogP contribution is 2.22. The number of amidine groups is 1. The Hall–Kier alpha value is -0.530. The topological polar surface area (TPSA) is 27.1 Å². The molecule has 1 aliphatic heterocycles. The minimum atomic E-state index is 0.756. The fourth-order valence-corrected chi connectivity index (χ4v) is 1.90. The Balaban J connectivity index is 2.40. The van der Waals surface area contributed by atoms with E-state index in [0.29, 0.717) is 0 Å².